The molecule has 0 unspecified atom stereocenters. The first-order chi connectivity index (χ1) is 7.56. The first-order valence-corrected chi connectivity index (χ1v) is 6.35. The highest BCUT2D eigenvalue weighted by Crippen LogP contribution is 2.27. The van der Waals surface area contributed by atoms with E-state index in [1.165, 1.54) is 39.2 Å². The van der Waals surface area contributed by atoms with E-state index in [0.717, 1.165) is 12.5 Å². The topological polar surface area (TPSA) is 38.3 Å². The van der Waals surface area contributed by atoms with E-state index in [1.54, 1.807) is 0 Å². The lowest BCUT2D eigenvalue weighted by Gasteiger charge is -2.22. The van der Waals surface area contributed by atoms with E-state index in [-0.39, 0.29) is 5.97 Å². The van der Waals surface area contributed by atoms with Crippen molar-refractivity contribution in [1.82, 2.24) is 5.32 Å². The number of methoxy groups -OCH3 is 1. The number of carbonyl (C=O) groups excluding carboxylic acids is 1. The molecule has 1 fully saturated rings. The summed E-state index contributed by atoms with van der Waals surface area (Å²) in [7, 11) is 1.45. The highest BCUT2D eigenvalue weighted by atomic mass is 16.5. The fourth-order valence-corrected chi connectivity index (χ4v) is 2.35. The molecule has 0 saturated heterocycles. The molecule has 3 heteroatoms. The normalized spacial score (nSPS) is 17.7. The second kappa shape index (κ2) is 6.24. The minimum Gasteiger partial charge on any atom is -0.469 e. The van der Waals surface area contributed by atoms with Gasteiger partial charge in [0.15, 0.2) is 0 Å². The summed E-state index contributed by atoms with van der Waals surface area (Å²) in [6.45, 7) is 5.56. The predicted molar refractivity (Wildman–Crippen MR) is 65.2 cm³/mol. The van der Waals surface area contributed by atoms with E-state index in [9.17, 15) is 4.79 Å². The summed E-state index contributed by atoms with van der Waals surface area (Å²) in [6, 6.07) is 0. The Labute approximate surface area is 98.9 Å². The molecule has 0 spiro atoms. The first kappa shape index (κ1) is 13.5. The van der Waals surface area contributed by atoms with Gasteiger partial charge < -0.3 is 10.1 Å². The van der Waals surface area contributed by atoms with Crippen LogP contribution >= 0.6 is 0 Å². The largest absolute Gasteiger partial charge is 0.469 e. The minimum atomic E-state index is -0.412. The van der Waals surface area contributed by atoms with Crippen LogP contribution in [0.25, 0.3) is 0 Å². The number of esters is 1. The Bertz CT molecular complexity index is 220. The van der Waals surface area contributed by atoms with E-state index in [4.69, 9.17) is 4.74 Å². The van der Waals surface area contributed by atoms with Crippen LogP contribution in [0.3, 0.4) is 0 Å². The molecule has 0 aromatic heterocycles. The van der Waals surface area contributed by atoms with Gasteiger partial charge in [0, 0.05) is 6.54 Å². The van der Waals surface area contributed by atoms with Crippen LogP contribution in [0.2, 0.25) is 0 Å². The Morgan fingerprint density at radius 1 is 1.38 bits per heavy atom. The molecule has 0 heterocycles. The van der Waals surface area contributed by atoms with Gasteiger partial charge in [-0.1, -0.05) is 25.7 Å². The van der Waals surface area contributed by atoms with E-state index < -0.39 is 5.41 Å². The van der Waals surface area contributed by atoms with Gasteiger partial charge in [0.25, 0.3) is 0 Å². The van der Waals surface area contributed by atoms with Gasteiger partial charge in [0.2, 0.25) is 0 Å². The van der Waals surface area contributed by atoms with Crippen LogP contribution in [0.5, 0.6) is 0 Å². The van der Waals surface area contributed by atoms with Crippen molar-refractivity contribution in [2.24, 2.45) is 11.3 Å². The Kier molecular flexibility index (Phi) is 5.26. The average Bonchev–Trinajstić information content (AvgIpc) is 2.76. The van der Waals surface area contributed by atoms with Crippen molar-refractivity contribution in [1.29, 1.82) is 0 Å². The van der Waals surface area contributed by atoms with Crippen molar-refractivity contribution >= 4 is 5.97 Å². The van der Waals surface area contributed by atoms with Crippen molar-refractivity contribution in [3.63, 3.8) is 0 Å². The molecule has 16 heavy (non-hydrogen) atoms. The first-order valence-electron chi connectivity index (χ1n) is 6.35. The number of hydrogen-bond acceptors (Lipinski definition) is 3. The smallest absolute Gasteiger partial charge is 0.312 e. The summed E-state index contributed by atoms with van der Waals surface area (Å²) in [6.07, 6.45) is 6.83. The molecule has 0 aromatic carbocycles. The van der Waals surface area contributed by atoms with Gasteiger partial charge in [-0.25, -0.2) is 0 Å². The lowest BCUT2D eigenvalue weighted by atomic mass is 9.93. The third kappa shape index (κ3) is 4.12. The van der Waals surface area contributed by atoms with Crippen LogP contribution in [0.15, 0.2) is 0 Å². The molecular weight excluding hydrogens is 202 g/mol. The molecule has 94 valence electrons. The van der Waals surface area contributed by atoms with E-state index in [0.29, 0.717) is 6.54 Å². The highest BCUT2D eigenvalue weighted by molar-refractivity contribution is 5.76. The maximum atomic E-state index is 11.4. The summed E-state index contributed by atoms with van der Waals surface area (Å²) in [5.41, 5.74) is -0.412. The number of ether oxygens (including phenoxy) is 1. The van der Waals surface area contributed by atoms with E-state index >= 15 is 0 Å². The van der Waals surface area contributed by atoms with Crippen molar-refractivity contribution < 1.29 is 9.53 Å². The lowest BCUT2D eigenvalue weighted by Crippen LogP contribution is -2.37. The monoisotopic (exact) mass is 227 g/mol. The molecule has 1 saturated carbocycles. The zero-order valence-electron chi connectivity index (χ0n) is 10.8. The maximum absolute atomic E-state index is 11.4. The quantitative estimate of drug-likeness (QED) is 0.559. The Morgan fingerprint density at radius 3 is 2.56 bits per heavy atom. The Hall–Kier alpha value is -0.570. The number of nitrogens with one attached hydrogen (secondary N) is 1. The molecular formula is C13H25NO2. The molecule has 1 N–H and O–H groups in total. The maximum Gasteiger partial charge on any atom is 0.312 e. The standard InChI is InChI=1S/C13H25NO2/c1-13(2,12(15)16-3)10-14-9-8-11-6-4-5-7-11/h11,14H,4-10H2,1-3H3. The van der Waals surface area contributed by atoms with Crippen LogP contribution in [0.1, 0.15) is 46.0 Å². The lowest BCUT2D eigenvalue weighted by molar-refractivity contribution is -0.150. The van der Waals surface area contributed by atoms with Gasteiger partial charge in [0.1, 0.15) is 0 Å². The summed E-state index contributed by atoms with van der Waals surface area (Å²) in [4.78, 5) is 11.4. The summed E-state index contributed by atoms with van der Waals surface area (Å²) in [5.74, 6) is 0.773. The van der Waals surface area contributed by atoms with Gasteiger partial charge in [0.05, 0.1) is 12.5 Å². The zero-order chi connectivity index (χ0) is 12.0. The fourth-order valence-electron chi connectivity index (χ4n) is 2.35. The van der Waals surface area contributed by atoms with Crippen LogP contribution in [0.4, 0.5) is 0 Å². The molecule has 1 aliphatic rings. The minimum absolute atomic E-state index is 0.138. The van der Waals surface area contributed by atoms with Crippen LogP contribution in [0, 0.1) is 11.3 Å². The second-order valence-corrected chi connectivity index (χ2v) is 5.49. The molecule has 0 aromatic rings. The number of hydrogen-bond donors (Lipinski definition) is 1. The van der Waals surface area contributed by atoms with Crippen LogP contribution in [-0.4, -0.2) is 26.2 Å². The van der Waals surface area contributed by atoms with E-state index in [1.807, 2.05) is 13.8 Å². The van der Waals surface area contributed by atoms with Gasteiger partial charge in [-0.05, 0) is 32.7 Å². The van der Waals surface area contributed by atoms with Crippen molar-refractivity contribution in [2.75, 3.05) is 20.2 Å². The summed E-state index contributed by atoms with van der Waals surface area (Å²) in [5, 5.41) is 3.37. The molecule has 0 atom stereocenters. The molecule has 0 bridgehead atoms. The Morgan fingerprint density at radius 2 is 2.00 bits per heavy atom. The highest BCUT2D eigenvalue weighted by Gasteiger charge is 2.28. The Balaban J connectivity index is 2.11. The van der Waals surface area contributed by atoms with E-state index in [2.05, 4.69) is 5.32 Å². The molecule has 0 amide bonds. The number of rotatable bonds is 6. The molecule has 0 radical (unpaired) electrons. The van der Waals surface area contributed by atoms with Crippen molar-refractivity contribution in [2.45, 2.75) is 46.0 Å². The van der Waals surface area contributed by atoms with Crippen molar-refractivity contribution in [3.05, 3.63) is 0 Å². The van der Waals surface area contributed by atoms with Crippen molar-refractivity contribution in [3.8, 4) is 0 Å². The molecule has 1 aliphatic carbocycles. The average molecular weight is 227 g/mol. The SMILES string of the molecule is COC(=O)C(C)(C)CNCCC1CCCC1. The predicted octanol–water partition coefficient (Wildman–Crippen LogP) is 2.36. The van der Waals surface area contributed by atoms with Gasteiger partial charge in [-0.15, -0.1) is 0 Å². The third-order valence-electron chi connectivity index (χ3n) is 3.51. The molecule has 3 nitrogen and oxygen atoms in total. The zero-order valence-corrected chi connectivity index (χ0v) is 10.8. The molecule has 0 aliphatic heterocycles. The van der Waals surface area contributed by atoms with Gasteiger partial charge >= 0.3 is 5.97 Å². The molecule has 1 rings (SSSR count). The number of carbonyl (C=O) groups is 1. The second-order valence-electron chi connectivity index (χ2n) is 5.49. The van der Waals surface area contributed by atoms with Gasteiger partial charge in [-0.2, -0.15) is 0 Å². The summed E-state index contributed by atoms with van der Waals surface area (Å²) < 4.78 is 4.77. The van der Waals surface area contributed by atoms with Gasteiger partial charge in [-0.3, -0.25) is 4.79 Å². The fraction of sp³-hybridized carbons (Fsp3) is 0.923. The van der Waals surface area contributed by atoms with Crippen LogP contribution < -0.4 is 5.32 Å². The third-order valence-corrected chi connectivity index (χ3v) is 3.51. The summed E-state index contributed by atoms with van der Waals surface area (Å²) >= 11 is 0. The van der Waals surface area contributed by atoms with Crippen LogP contribution in [-0.2, 0) is 9.53 Å².